The fraction of sp³-hybridized carbons (Fsp3) is 0.640. The molecule has 2 aromatic heterocycles. The number of pyridine rings is 1. The Morgan fingerprint density at radius 1 is 1.06 bits per heavy atom. The van der Waals surface area contributed by atoms with Gasteiger partial charge >= 0.3 is 0 Å². The van der Waals surface area contributed by atoms with E-state index in [-0.39, 0.29) is 6.10 Å². The van der Waals surface area contributed by atoms with Gasteiger partial charge in [-0.15, -0.1) is 0 Å². The third-order valence-electron chi connectivity index (χ3n) is 6.66. The standard InChI is InChI=1S/C25H38N6O/c1-2-3-13-26-25-28-18-22(24(30-25)29-20-7-9-21(32)10-8-20)23-11-6-19(17-27-23)12-16-31-14-4-5-15-31/h6,11,17-18,20-21,32H,2-5,7-10,12-16H2,1H3,(H2,26,28,29,30). The first-order valence-corrected chi connectivity index (χ1v) is 12.4. The van der Waals surface area contributed by atoms with E-state index in [0.29, 0.717) is 12.0 Å². The number of aromatic nitrogens is 3. The fourth-order valence-electron chi connectivity index (χ4n) is 4.58. The smallest absolute Gasteiger partial charge is 0.224 e. The summed E-state index contributed by atoms with van der Waals surface area (Å²) in [6.45, 7) is 6.62. The number of nitrogens with one attached hydrogen (secondary N) is 2. The van der Waals surface area contributed by atoms with Gasteiger partial charge in [-0.25, -0.2) is 4.98 Å². The zero-order valence-corrected chi connectivity index (χ0v) is 19.4. The van der Waals surface area contributed by atoms with Gasteiger partial charge < -0.3 is 20.6 Å². The van der Waals surface area contributed by atoms with Crippen LogP contribution in [-0.4, -0.2) is 63.3 Å². The van der Waals surface area contributed by atoms with E-state index in [1.165, 1.54) is 31.5 Å². The average molecular weight is 439 g/mol. The van der Waals surface area contributed by atoms with Gasteiger partial charge in [0.15, 0.2) is 0 Å². The third-order valence-corrected chi connectivity index (χ3v) is 6.66. The van der Waals surface area contributed by atoms with E-state index in [1.807, 2.05) is 12.4 Å². The van der Waals surface area contributed by atoms with E-state index < -0.39 is 0 Å². The van der Waals surface area contributed by atoms with Crippen molar-refractivity contribution in [2.45, 2.75) is 76.9 Å². The molecule has 1 aliphatic heterocycles. The molecule has 0 bridgehead atoms. The number of aliphatic hydroxyl groups is 1. The largest absolute Gasteiger partial charge is 0.393 e. The minimum atomic E-state index is -0.168. The van der Waals surface area contributed by atoms with Crippen molar-refractivity contribution in [3.63, 3.8) is 0 Å². The molecule has 0 unspecified atom stereocenters. The first kappa shape index (κ1) is 22.9. The molecule has 1 saturated heterocycles. The summed E-state index contributed by atoms with van der Waals surface area (Å²) in [6.07, 6.45) is 13.2. The lowest BCUT2D eigenvalue weighted by molar-refractivity contribution is 0.126. The van der Waals surface area contributed by atoms with Gasteiger partial charge in [0.1, 0.15) is 5.82 Å². The summed E-state index contributed by atoms with van der Waals surface area (Å²) in [5.74, 6) is 1.49. The molecule has 2 aromatic rings. The van der Waals surface area contributed by atoms with Gasteiger partial charge in [0, 0.05) is 31.5 Å². The lowest BCUT2D eigenvalue weighted by Gasteiger charge is -2.27. The van der Waals surface area contributed by atoms with E-state index in [2.05, 4.69) is 39.6 Å². The van der Waals surface area contributed by atoms with Gasteiger partial charge in [-0.3, -0.25) is 4.98 Å². The number of nitrogens with zero attached hydrogens (tertiary/aromatic N) is 4. The summed E-state index contributed by atoms with van der Waals surface area (Å²) < 4.78 is 0. The van der Waals surface area contributed by atoms with E-state index in [0.717, 1.165) is 75.1 Å². The zero-order valence-electron chi connectivity index (χ0n) is 19.4. The molecule has 4 rings (SSSR count). The summed E-state index contributed by atoms with van der Waals surface area (Å²) in [6, 6.07) is 4.60. The summed E-state index contributed by atoms with van der Waals surface area (Å²) in [7, 11) is 0. The van der Waals surface area contributed by atoms with Crippen molar-refractivity contribution in [1.29, 1.82) is 0 Å². The number of likely N-dealkylation sites (tertiary alicyclic amines) is 1. The quantitative estimate of drug-likeness (QED) is 0.481. The molecule has 3 heterocycles. The maximum absolute atomic E-state index is 9.85. The molecule has 2 aliphatic rings. The van der Waals surface area contributed by atoms with Crippen LogP contribution in [0, 0.1) is 0 Å². The fourth-order valence-corrected chi connectivity index (χ4v) is 4.58. The van der Waals surface area contributed by atoms with Crippen molar-refractivity contribution in [3.8, 4) is 11.3 Å². The Kier molecular flexibility index (Phi) is 8.29. The number of rotatable bonds is 10. The van der Waals surface area contributed by atoms with Crippen LogP contribution in [0.15, 0.2) is 24.5 Å². The van der Waals surface area contributed by atoms with Gasteiger partial charge in [0.2, 0.25) is 5.95 Å². The monoisotopic (exact) mass is 438 g/mol. The molecule has 1 saturated carbocycles. The average Bonchev–Trinajstić information content (AvgIpc) is 3.34. The van der Waals surface area contributed by atoms with Crippen LogP contribution in [0.5, 0.6) is 0 Å². The molecule has 7 heteroatoms. The summed E-state index contributed by atoms with van der Waals surface area (Å²) >= 11 is 0. The molecular formula is C25H38N6O. The van der Waals surface area contributed by atoms with Gasteiger partial charge in [0.25, 0.3) is 0 Å². The van der Waals surface area contributed by atoms with Crippen LogP contribution < -0.4 is 10.6 Å². The molecule has 174 valence electrons. The van der Waals surface area contributed by atoms with Crippen molar-refractivity contribution < 1.29 is 5.11 Å². The molecule has 0 radical (unpaired) electrons. The summed E-state index contributed by atoms with van der Waals surface area (Å²) in [5, 5.41) is 16.8. The SMILES string of the molecule is CCCCNc1ncc(-c2ccc(CCN3CCCC3)cn2)c(NC2CCC(O)CC2)n1. The maximum atomic E-state index is 9.85. The first-order chi connectivity index (χ1) is 15.7. The van der Waals surface area contributed by atoms with Gasteiger partial charge in [-0.2, -0.15) is 4.98 Å². The number of unbranched alkanes of at least 4 members (excludes halogenated alkanes) is 1. The zero-order chi connectivity index (χ0) is 22.2. The lowest BCUT2D eigenvalue weighted by atomic mass is 9.93. The Hall–Kier alpha value is -2.25. The van der Waals surface area contributed by atoms with Gasteiger partial charge in [-0.1, -0.05) is 19.4 Å². The van der Waals surface area contributed by atoms with Crippen molar-refractivity contribution in [2.24, 2.45) is 0 Å². The predicted octanol–water partition coefficient (Wildman–Crippen LogP) is 4.10. The minimum Gasteiger partial charge on any atom is -0.393 e. The van der Waals surface area contributed by atoms with Crippen LogP contribution in [-0.2, 0) is 6.42 Å². The molecule has 0 aromatic carbocycles. The molecule has 0 amide bonds. The Morgan fingerprint density at radius 3 is 2.59 bits per heavy atom. The lowest BCUT2D eigenvalue weighted by Crippen LogP contribution is -2.29. The molecule has 32 heavy (non-hydrogen) atoms. The van der Waals surface area contributed by atoms with E-state index in [4.69, 9.17) is 9.97 Å². The second-order valence-electron chi connectivity index (χ2n) is 9.24. The van der Waals surface area contributed by atoms with E-state index in [9.17, 15) is 5.11 Å². The van der Waals surface area contributed by atoms with Crippen LogP contribution in [0.4, 0.5) is 11.8 Å². The minimum absolute atomic E-state index is 0.168. The molecule has 7 nitrogen and oxygen atoms in total. The highest BCUT2D eigenvalue weighted by molar-refractivity contribution is 5.73. The molecular weight excluding hydrogens is 400 g/mol. The third kappa shape index (κ3) is 6.39. The normalized spacial score (nSPS) is 21.6. The Morgan fingerprint density at radius 2 is 1.88 bits per heavy atom. The van der Waals surface area contributed by atoms with Gasteiger partial charge in [0.05, 0.1) is 17.4 Å². The molecule has 1 aliphatic carbocycles. The highest BCUT2D eigenvalue weighted by Gasteiger charge is 2.21. The highest BCUT2D eigenvalue weighted by atomic mass is 16.3. The van der Waals surface area contributed by atoms with Crippen LogP contribution in [0.25, 0.3) is 11.3 Å². The van der Waals surface area contributed by atoms with Crippen molar-refractivity contribution >= 4 is 11.8 Å². The number of hydrogen-bond acceptors (Lipinski definition) is 7. The van der Waals surface area contributed by atoms with Crippen LogP contribution >= 0.6 is 0 Å². The Balaban J connectivity index is 1.47. The number of hydrogen-bond donors (Lipinski definition) is 3. The van der Waals surface area contributed by atoms with Crippen molar-refractivity contribution in [3.05, 3.63) is 30.1 Å². The Labute approximate surface area is 192 Å². The van der Waals surface area contributed by atoms with Gasteiger partial charge in [-0.05, 0) is 76.1 Å². The van der Waals surface area contributed by atoms with Crippen molar-refractivity contribution in [1.82, 2.24) is 19.9 Å². The predicted molar refractivity (Wildman–Crippen MR) is 130 cm³/mol. The van der Waals surface area contributed by atoms with Crippen LogP contribution in [0.2, 0.25) is 0 Å². The molecule has 0 atom stereocenters. The number of aliphatic hydroxyl groups excluding tert-OH is 1. The summed E-state index contributed by atoms with van der Waals surface area (Å²) in [5.41, 5.74) is 3.10. The topological polar surface area (TPSA) is 86.2 Å². The molecule has 0 spiro atoms. The van der Waals surface area contributed by atoms with Crippen LogP contribution in [0.1, 0.15) is 63.9 Å². The first-order valence-electron chi connectivity index (χ1n) is 12.4. The highest BCUT2D eigenvalue weighted by Crippen LogP contribution is 2.29. The van der Waals surface area contributed by atoms with Crippen LogP contribution in [0.3, 0.4) is 0 Å². The second kappa shape index (κ2) is 11.6. The maximum Gasteiger partial charge on any atom is 0.224 e. The van der Waals surface area contributed by atoms with E-state index >= 15 is 0 Å². The summed E-state index contributed by atoms with van der Waals surface area (Å²) in [4.78, 5) is 16.7. The molecule has 2 fully saturated rings. The number of anilines is 2. The Bertz CT molecular complexity index is 829. The second-order valence-corrected chi connectivity index (χ2v) is 9.24. The van der Waals surface area contributed by atoms with E-state index in [1.54, 1.807) is 0 Å². The molecule has 3 N–H and O–H groups in total. The van der Waals surface area contributed by atoms with Crippen molar-refractivity contribution in [2.75, 3.05) is 36.8 Å².